The lowest BCUT2D eigenvalue weighted by Crippen LogP contribution is -2.44. The second-order valence-electron chi connectivity index (χ2n) is 4.84. The number of benzene rings is 1. The van der Waals surface area contributed by atoms with Gasteiger partial charge in [0, 0.05) is 13.1 Å². The van der Waals surface area contributed by atoms with Crippen LogP contribution in [-0.4, -0.2) is 19.0 Å². The summed E-state index contributed by atoms with van der Waals surface area (Å²) in [4.78, 5) is 12.4. The van der Waals surface area contributed by atoms with Crippen LogP contribution in [0.4, 0.5) is 4.39 Å². The monoisotopic (exact) mass is 286 g/mol. The van der Waals surface area contributed by atoms with Crippen LogP contribution in [0, 0.1) is 5.82 Å². The molecule has 3 nitrogen and oxygen atoms in total. The van der Waals surface area contributed by atoms with E-state index in [1.54, 1.807) is 12.1 Å². The van der Waals surface area contributed by atoms with Crippen molar-refractivity contribution in [1.82, 2.24) is 5.32 Å². The maximum atomic E-state index is 13.0. The third-order valence-corrected chi connectivity index (χ3v) is 3.72. The maximum absolute atomic E-state index is 13.0. The summed E-state index contributed by atoms with van der Waals surface area (Å²) in [5, 5.41) is 2.87. The Morgan fingerprint density at radius 3 is 2.37 bits per heavy atom. The molecule has 106 valence electrons. The molecule has 1 aliphatic carbocycles. The fourth-order valence-electron chi connectivity index (χ4n) is 2.75. The quantitative estimate of drug-likeness (QED) is 0.891. The lowest BCUT2D eigenvalue weighted by Gasteiger charge is -2.28. The van der Waals surface area contributed by atoms with E-state index in [1.165, 1.54) is 12.1 Å². The van der Waals surface area contributed by atoms with Crippen LogP contribution in [0.25, 0.3) is 0 Å². The Kier molecular flexibility index (Phi) is 5.76. The van der Waals surface area contributed by atoms with Crippen molar-refractivity contribution in [3.05, 3.63) is 35.6 Å². The molecule has 0 unspecified atom stereocenters. The number of carbonyl (C=O) groups excluding carboxylic acids is 1. The molecule has 0 aromatic heterocycles. The maximum Gasteiger partial charge on any atom is 0.230 e. The normalized spacial score (nSPS) is 16.7. The van der Waals surface area contributed by atoms with Crippen molar-refractivity contribution in [1.29, 1.82) is 0 Å². The summed E-state index contributed by atoms with van der Waals surface area (Å²) >= 11 is 0. The highest BCUT2D eigenvalue weighted by molar-refractivity contribution is 5.88. The molecule has 0 atom stereocenters. The predicted octanol–water partition coefficient (Wildman–Crippen LogP) is 2.13. The zero-order chi connectivity index (χ0) is 13.0. The van der Waals surface area contributed by atoms with Gasteiger partial charge in [-0.15, -0.1) is 12.4 Å². The Hall–Kier alpha value is -1.13. The molecule has 0 bridgehead atoms. The third kappa shape index (κ3) is 3.25. The summed E-state index contributed by atoms with van der Waals surface area (Å²) in [6.45, 7) is 0.924. The highest BCUT2D eigenvalue weighted by atomic mass is 35.5. The van der Waals surface area contributed by atoms with Crippen LogP contribution in [-0.2, 0) is 10.2 Å². The lowest BCUT2D eigenvalue weighted by molar-refractivity contribution is -0.126. The summed E-state index contributed by atoms with van der Waals surface area (Å²) in [6, 6.07) is 6.29. The van der Waals surface area contributed by atoms with Crippen LogP contribution < -0.4 is 11.1 Å². The van der Waals surface area contributed by atoms with E-state index < -0.39 is 5.41 Å². The second kappa shape index (κ2) is 6.87. The first-order valence-corrected chi connectivity index (χ1v) is 6.43. The molecule has 1 saturated carbocycles. The number of nitrogens with two attached hydrogens (primary N) is 1. The fraction of sp³-hybridized carbons (Fsp3) is 0.500. The molecule has 0 spiro atoms. The number of amides is 1. The molecule has 3 N–H and O–H groups in total. The SMILES string of the molecule is Cl.NCCNC(=O)C1(c2ccc(F)cc2)CCCC1. The van der Waals surface area contributed by atoms with Crippen molar-refractivity contribution < 1.29 is 9.18 Å². The first-order valence-electron chi connectivity index (χ1n) is 6.43. The second-order valence-corrected chi connectivity index (χ2v) is 4.84. The van der Waals surface area contributed by atoms with Crippen molar-refractivity contribution in [2.24, 2.45) is 5.73 Å². The number of hydrogen-bond acceptors (Lipinski definition) is 2. The van der Waals surface area contributed by atoms with Gasteiger partial charge in [0.05, 0.1) is 5.41 Å². The summed E-state index contributed by atoms with van der Waals surface area (Å²) < 4.78 is 13.0. The minimum Gasteiger partial charge on any atom is -0.354 e. The summed E-state index contributed by atoms with van der Waals surface area (Å²) in [7, 11) is 0. The Morgan fingerprint density at radius 2 is 1.84 bits per heavy atom. The number of hydrogen-bond donors (Lipinski definition) is 2. The number of nitrogens with one attached hydrogen (secondary N) is 1. The molecular weight excluding hydrogens is 267 g/mol. The van der Waals surface area contributed by atoms with Gasteiger partial charge in [-0.05, 0) is 30.5 Å². The van der Waals surface area contributed by atoms with Crippen LogP contribution >= 0.6 is 12.4 Å². The number of carbonyl (C=O) groups is 1. The zero-order valence-electron chi connectivity index (χ0n) is 10.8. The first kappa shape index (κ1) is 15.9. The molecule has 1 aromatic rings. The molecular formula is C14H20ClFN2O. The Bertz CT molecular complexity index is 416. The van der Waals surface area contributed by atoms with Crippen molar-refractivity contribution in [3.63, 3.8) is 0 Å². The lowest BCUT2D eigenvalue weighted by atomic mass is 9.78. The van der Waals surface area contributed by atoms with E-state index in [0.29, 0.717) is 13.1 Å². The molecule has 1 aliphatic rings. The van der Waals surface area contributed by atoms with Gasteiger partial charge in [-0.3, -0.25) is 4.79 Å². The molecule has 0 aliphatic heterocycles. The zero-order valence-corrected chi connectivity index (χ0v) is 11.6. The topological polar surface area (TPSA) is 55.1 Å². The molecule has 19 heavy (non-hydrogen) atoms. The largest absolute Gasteiger partial charge is 0.354 e. The van der Waals surface area contributed by atoms with Crippen LogP contribution in [0.5, 0.6) is 0 Å². The van der Waals surface area contributed by atoms with E-state index in [0.717, 1.165) is 31.2 Å². The summed E-state index contributed by atoms with van der Waals surface area (Å²) in [5.41, 5.74) is 5.84. The van der Waals surface area contributed by atoms with Gasteiger partial charge < -0.3 is 11.1 Å². The van der Waals surface area contributed by atoms with Gasteiger partial charge in [-0.25, -0.2) is 4.39 Å². The molecule has 0 heterocycles. The van der Waals surface area contributed by atoms with E-state index in [-0.39, 0.29) is 24.1 Å². The number of rotatable bonds is 4. The summed E-state index contributed by atoms with van der Waals surface area (Å²) in [6.07, 6.45) is 3.73. The molecule has 1 fully saturated rings. The van der Waals surface area contributed by atoms with Crippen molar-refractivity contribution >= 4 is 18.3 Å². The van der Waals surface area contributed by atoms with Crippen molar-refractivity contribution in [2.45, 2.75) is 31.1 Å². The molecule has 1 amide bonds. The predicted molar refractivity (Wildman–Crippen MR) is 75.9 cm³/mol. The van der Waals surface area contributed by atoms with Crippen LogP contribution in [0.1, 0.15) is 31.2 Å². The van der Waals surface area contributed by atoms with Gasteiger partial charge in [-0.1, -0.05) is 25.0 Å². The highest BCUT2D eigenvalue weighted by Gasteiger charge is 2.42. The molecule has 5 heteroatoms. The third-order valence-electron chi connectivity index (χ3n) is 3.72. The number of halogens is 2. The van der Waals surface area contributed by atoms with Gasteiger partial charge in [0.25, 0.3) is 0 Å². The molecule has 2 rings (SSSR count). The average molecular weight is 287 g/mol. The highest BCUT2D eigenvalue weighted by Crippen LogP contribution is 2.41. The van der Waals surface area contributed by atoms with E-state index in [9.17, 15) is 9.18 Å². The molecule has 1 aromatic carbocycles. The van der Waals surface area contributed by atoms with Crippen LogP contribution in [0.3, 0.4) is 0 Å². The smallest absolute Gasteiger partial charge is 0.230 e. The van der Waals surface area contributed by atoms with Gasteiger partial charge in [0.1, 0.15) is 5.82 Å². The Morgan fingerprint density at radius 1 is 1.26 bits per heavy atom. The van der Waals surface area contributed by atoms with Gasteiger partial charge in [0.2, 0.25) is 5.91 Å². The first-order chi connectivity index (χ1) is 8.69. The Labute approximate surface area is 119 Å². The van der Waals surface area contributed by atoms with Crippen molar-refractivity contribution in [3.8, 4) is 0 Å². The van der Waals surface area contributed by atoms with E-state index in [4.69, 9.17) is 5.73 Å². The average Bonchev–Trinajstić information content (AvgIpc) is 2.87. The van der Waals surface area contributed by atoms with E-state index in [2.05, 4.69) is 5.32 Å². The minimum absolute atomic E-state index is 0. The van der Waals surface area contributed by atoms with Gasteiger partial charge in [0.15, 0.2) is 0 Å². The van der Waals surface area contributed by atoms with E-state index >= 15 is 0 Å². The van der Waals surface area contributed by atoms with Crippen LogP contribution in [0.15, 0.2) is 24.3 Å². The fourth-order valence-corrected chi connectivity index (χ4v) is 2.75. The summed E-state index contributed by atoms with van der Waals surface area (Å²) in [5.74, 6) is -0.244. The van der Waals surface area contributed by atoms with E-state index in [1.807, 2.05) is 0 Å². The van der Waals surface area contributed by atoms with Gasteiger partial charge >= 0.3 is 0 Å². The van der Waals surface area contributed by atoms with Crippen molar-refractivity contribution in [2.75, 3.05) is 13.1 Å². The minimum atomic E-state index is -0.483. The molecule has 0 radical (unpaired) electrons. The molecule has 0 saturated heterocycles. The standard InChI is InChI=1S/C14H19FN2O.ClH/c15-12-5-3-11(4-6-12)14(7-1-2-8-14)13(18)17-10-9-16;/h3-6H,1-2,7-10,16H2,(H,17,18);1H. The van der Waals surface area contributed by atoms with Gasteiger partial charge in [-0.2, -0.15) is 0 Å². The Balaban J connectivity index is 0.00000180. The van der Waals surface area contributed by atoms with Crippen LogP contribution in [0.2, 0.25) is 0 Å².